The largest absolute Gasteiger partial charge is 0.294 e. The molecule has 0 amide bonds. The minimum atomic E-state index is 0.00289. The summed E-state index contributed by atoms with van der Waals surface area (Å²) in [6.45, 7) is 3.62. The first-order valence-electron chi connectivity index (χ1n) is 8.97. The van der Waals surface area contributed by atoms with Crippen molar-refractivity contribution in [3.8, 4) is 17.1 Å². The highest BCUT2D eigenvalue weighted by atomic mass is 32.2. The Bertz CT molecular complexity index is 1100. The van der Waals surface area contributed by atoms with Gasteiger partial charge in [0.05, 0.1) is 16.3 Å². The molecule has 0 aliphatic rings. The van der Waals surface area contributed by atoms with Gasteiger partial charge in [0, 0.05) is 22.9 Å². The molecule has 138 valence electrons. The third-order valence-corrected chi connectivity index (χ3v) is 5.39. The van der Waals surface area contributed by atoms with Crippen molar-refractivity contribution in [2.75, 3.05) is 0 Å². The first kappa shape index (κ1) is 18.2. The fourth-order valence-corrected chi connectivity index (χ4v) is 3.72. The standard InChI is InChI=1S/C23H19N3OS/c1-16-8-11-20(12-9-16)28-22-15-26(19-6-4-3-5-7-19)25-23(22)21-13-10-18(14-24-21)17(2)27/h3-15H,1-2H3. The fourth-order valence-electron chi connectivity index (χ4n) is 2.80. The lowest BCUT2D eigenvalue weighted by Crippen LogP contribution is -1.96. The van der Waals surface area contributed by atoms with Crippen molar-refractivity contribution in [1.82, 2.24) is 14.8 Å². The summed E-state index contributed by atoms with van der Waals surface area (Å²) < 4.78 is 1.87. The minimum Gasteiger partial charge on any atom is -0.294 e. The normalized spacial score (nSPS) is 10.8. The van der Waals surface area contributed by atoms with E-state index in [0.29, 0.717) is 5.56 Å². The number of hydrogen-bond acceptors (Lipinski definition) is 4. The second kappa shape index (κ2) is 7.82. The molecule has 4 rings (SSSR count). The lowest BCUT2D eigenvalue weighted by Gasteiger charge is -2.03. The monoisotopic (exact) mass is 385 g/mol. The molecule has 0 aliphatic carbocycles. The van der Waals surface area contributed by atoms with Crippen LogP contribution in [-0.4, -0.2) is 20.5 Å². The van der Waals surface area contributed by atoms with Crippen LogP contribution in [0.4, 0.5) is 0 Å². The van der Waals surface area contributed by atoms with E-state index in [9.17, 15) is 4.79 Å². The van der Waals surface area contributed by atoms with Crippen LogP contribution in [0, 0.1) is 6.92 Å². The second-order valence-corrected chi connectivity index (χ2v) is 7.64. The number of hydrogen-bond donors (Lipinski definition) is 0. The van der Waals surface area contributed by atoms with Crippen molar-refractivity contribution in [3.63, 3.8) is 0 Å². The maximum atomic E-state index is 11.6. The van der Waals surface area contributed by atoms with E-state index in [2.05, 4.69) is 36.2 Å². The van der Waals surface area contributed by atoms with Crippen molar-refractivity contribution in [2.45, 2.75) is 23.6 Å². The zero-order valence-corrected chi connectivity index (χ0v) is 16.5. The van der Waals surface area contributed by atoms with Crippen LogP contribution < -0.4 is 0 Å². The number of para-hydroxylation sites is 1. The van der Waals surface area contributed by atoms with E-state index < -0.39 is 0 Å². The van der Waals surface area contributed by atoms with E-state index in [1.807, 2.05) is 47.3 Å². The van der Waals surface area contributed by atoms with E-state index in [-0.39, 0.29) is 5.78 Å². The number of aryl methyl sites for hydroxylation is 1. The molecule has 2 heterocycles. The number of ketones is 1. The Hall–Kier alpha value is -3.18. The molecule has 4 aromatic rings. The topological polar surface area (TPSA) is 47.8 Å². The van der Waals surface area contributed by atoms with Crippen LogP contribution in [0.3, 0.4) is 0 Å². The summed E-state index contributed by atoms with van der Waals surface area (Å²) in [5, 5.41) is 4.79. The molecular formula is C23H19N3OS. The second-order valence-electron chi connectivity index (χ2n) is 6.53. The number of Topliss-reactive ketones (excluding diaryl/α,β-unsaturated/α-hetero) is 1. The lowest BCUT2D eigenvalue weighted by molar-refractivity contribution is 0.101. The number of nitrogens with zero attached hydrogens (tertiary/aromatic N) is 3. The third kappa shape index (κ3) is 3.89. The Morgan fingerprint density at radius 2 is 1.71 bits per heavy atom. The molecular weight excluding hydrogens is 366 g/mol. The summed E-state index contributed by atoms with van der Waals surface area (Å²) in [6.07, 6.45) is 3.63. The van der Waals surface area contributed by atoms with E-state index >= 15 is 0 Å². The van der Waals surface area contributed by atoms with Gasteiger partial charge < -0.3 is 0 Å². The zero-order chi connectivity index (χ0) is 19.5. The maximum absolute atomic E-state index is 11.6. The molecule has 2 aromatic heterocycles. The molecule has 0 saturated carbocycles. The molecule has 28 heavy (non-hydrogen) atoms. The minimum absolute atomic E-state index is 0.00289. The predicted molar refractivity (Wildman–Crippen MR) is 112 cm³/mol. The molecule has 5 heteroatoms. The van der Waals surface area contributed by atoms with E-state index in [1.54, 1.807) is 30.9 Å². The van der Waals surface area contributed by atoms with Crippen LogP contribution in [0.1, 0.15) is 22.8 Å². The van der Waals surface area contributed by atoms with E-state index in [1.165, 1.54) is 5.56 Å². The van der Waals surface area contributed by atoms with Gasteiger partial charge in [-0.1, -0.05) is 47.7 Å². The summed E-state index contributed by atoms with van der Waals surface area (Å²) in [7, 11) is 0. The van der Waals surface area contributed by atoms with Crippen molar-refractivity contribution < 1.29 is 4.79 Å². The number of rotatable bonds is 5. The Kier molecular flexibility index (Phi) is 5.08. The quantitative estimate of drug-likeness (QED) is 0.420. The van der Waals surface area contributed by atoms with Gasteiger partial charge in [0.15, 0.2) is 5.78 Å². The number of carbonyl (C=O) groups is 1. The first-order chi connectivity index (χ1) is 13.6. The van der Waals surface area contributed by atoms with Gasteiger partial charge in [-0.3, -0.25) is 9.78 Å². The number of carbonyl (C=O) groups excluding carboxylic acids is 1. The maximum Gasteiger partial charge on any atom is 0.161 e. The van der Waals surface area contributed by atoms with Gasteiger partial charge in [-0.15, -0.1) is 0 Å². The van der Waals surface area contributed by atoms with Crippen LogP contribution in [0.2, 0.25) is 0 Å². The Balaban J connectivity index is 1.77. The molecule has 0 aliphatic heterocycles. The lowest BCUT2D eigenvalue weighted by atomic mass is 10.2. The zero-order valence-electron chi connectivity index (χ0n) is 15.7. The van der Waals surface area contributed by atoms with Crippen LogP contribution in [-0.2, 0) is 0 Å². The van der Waals surface area contributed by atoms with Gasteiger partial charge in [-0.05, 0) is 50.2 Å². The summed E-state index contributed by atoms with van der Waals surface area (Å²) in [5.74, 6) is 0.00289. The van der Waals surface area contributed by atoms with E-state index in [0.717, 1.165) is 26.9 Å². The molecule has 0 N–H and O–H groups in total. The highest BCUT2D eigenvalue weighted by Crippen LogP contribution is 2.35. The van der Waals surface area contributed by atoms with Crippen molar-refractivity contribution in [1.29, 1.82) is 0 Å². The van der Waals surface area contributed by atoms with Crippen molar-refractivity contribution >= 4 is 17.5 Å². The predicted octanol–water partition coefficient (Wildman–Crippen LogP) is 5.60. The summed E-state index contributed by atoms with van der Waals surface area (Å²) in [5.41, 5.74) is 4.35. The molecule has 0 atom stereocenters. The Morgan fingerprint density at radius 1 is 0.964 bits per heavy atom. The summed E-state index contributed by atoms with van der Waals surface area (Å²) in [4.78, 5) is 18.2. The number of benzene rings is 2. The molecule has 0 radical (unpaired) electrons. The number of pyridine rings is 1. The molecule has 4 nitrogen and oxygen atoms in total. The van der Waals surface area contributed by atoms with Gasteiger partial charge in [-0.25, -0.2) is 4.68 Å². The molecule has 0 unspecified atom stereocenters. The van der Waals surface area contributed by atoms with Gasteiger partial charge in [0.25, 0.3) is 0 Å². The van der Waals surface area contributed by atoms with Gasteiger partial charge >= 0.3 is 0 Å². The van der Waals surface area contributed by atoms with Crippen molar-refractivity contribution in [3.05, 3.63) is 90.3 Å². The SMILES string of the molecule is CC(=O)c1ccc(-c2nn(-c3ccccc3)cc2Sc2ccc(C)cc2)nc1. The van der Waals surface area contributed by atoms with Crippen LogP contribution in [0.15, 0.2) is 88.9 Å². The van der Waals surface area contributed by atoms with Gasteiger partial charge in [0.1, 0.15) is 5.69 Å². The highest BCUT2D eigenvalue weighted by Gasteiger charge is 2.15. The van der Waals surface area contributed by atoms with Crippen LogP contribution in [0.25, 0.3) is 17.1 Å². The van der Waals surface area contributed by atoms with Crippen LogP contribution in [0.5, 0.6) is 0 Å². The highest BCUT2D eigenvalue weighted by molar-refractivity contribution is 7.99. The molecule has 0 bridgehead atoms. The Morgan fingerprint density at radius 3 is 2.36 bits per heavy atom. The van der Waals surface area contributed by atoms with Crippen molar-refractivity contribution in [2.24, 2.45) is 0 Å². The molecule has 0 fully saturated rings. The van der Waals surface area contributed by atoms with Crippen LogP contribution >= 0.6 is 11.8 Å². The molecule has 0 spiro atoms. The summed E-state index contributed by atoms with van der Waals surface area (Å²) in [6, 6.07) is 22.1. The van der Waals surface area contributed by atoms with Gasteiger partial charge in [0.2, 0.25) is 0 Å². The molecule has 2 aromatic carbocycles. The smallest absolute Gasteiger partial charge is 0.161 e. The fraction of sp³-hybridized carbons (Fsp3) is 0.0870. The average molecular weight is 385 g/mol. The average Bonchev–Trinajstić information content (AvgIpc) is 3.14. The summed E-state index contributed by atoms with van der Waals surface area (Å²) >= 11 is 1.65. The Labute approximate surface area is 168 Å². The molecule has 0 saturated heterocycles. The van der Waals surface area contributed by atoms with Gasteiger partial charge in [-0.2, -0.15) is 5.10 Å². The number of aromatic nitrogens is 3. The van der Waals surface area contributed by atoms with E-state index in [4.69, 9.17) is 5.10 Å². The third-order valence-electron chi connectivity index (χ3n) is 4.36. The first-order valence-corrected chi connectivity index (χ1v) is 9.79.